The van der Waals surface area contributed by atoms with Crippen LogP contribution in [-0.4, -0.2) is 112 Å². The van der Waals surface area contributed by atoms with Gasteiger partial charge in [0.1, 0.15) is 12.2 Å². The van der Waals surface area contributed by atoms with E-state index < -0.39 is 36.0 Å². The number of hydrogen-bond donors (Lipinski definition) is 3. The van der Waals surface area contributed by atoms with Crippen LogP contribution in [0.2, 0.25) is 0 Å². The lowest BCUT2D eigenvalue weighted by Gasteiger charge is -2.40. The van der Waals surface area contributed by atoms with Crippen molar-refractivity contribution in [2.45, 2.75) is 154 Å². The molecule has 0 aromatic carbocycles. The highest BCUT2D eigenvalue weighted by Gasteiger charge is 2.47. The molecule has 4 rings (SSSR count). The van der Waals surface area contributed by atoms with Crippen molar-refractivity contribution < 1.29 is 39.1 Å². The van der Waals surface area contributed by atoms with E-state index in [-0.39, 0.29) is 42.5 Å². The van der Waals surface area contributed by atoms with E-state index in [2.05, 4.69) is 4.90 Å². The van der Waals surface area contributed by atoms with E-state index in [0.29, 0.717) is 44.8 Å². The molecule has 3 fully saturated rings. The molecule has 10 nitrogen and oxygen atoms in total. The van der Waals surface area contributed by atoms with Crippen molar-refractivity contribution in [3.05, 3.63) is 36.0 Å². The number of nitrogens with zero attached hydrogens (tertiary/aromatic N) is 2. The Labute approximate surface area is 294 Å². The molecule has 0 spiro atoms. The minimum Gasteiger partial charge on any atom is -0.457 e. The van der Waals surface area contributed by atoms with Gasteiger partial charge in [-0.15, -0.1) is 0 Å². The Morgan fingerprint density at radius 3 is 2.47 bits per heavy atom. The van der Waals surface area contributed by atoms with Gasteiger partial charge in [0.15, 0.2) is 0 Å². The third kappa shape index (κ3) is 11.9. The Kier molecular flexibility index (Phi) is 14.8. The van der Waals surface area contributed by atoms with Crippen LogP contribution in [0.3, 0.4) is 0 Å². The molecule has 3 heterocycles. The second kappa shape index (κ2) is 18.3. The zero-order chi connectivity index (χ0) is 35.7. The van der Waals surface area contributed by atoms with E-state index in [1.54, 1.807) is 19.1 Å². The Bertz CT molecular complexity index is 1160. The summed E-state index contributed by atoms with van der Waals surface area (Å²) < 4.78 is 17.8. The average molecular weight is 689 g/mol. The fourth-order valence-electron chi connectivity index (χ4n) is 7.71. The van der Waals surface area contributed by atoms with E-state index in [1.165, 1.54) is 32.1 Å². The summed E-state index contributed by atoms with van der Waals surface area (Å²) in [5.74, 6) is -0.756. The fraction of sp³-hybridized carbons (Fsp3) is 0.795. The van der Waals surface area contributed by atoms with Crippen LogP contribution in [0.5, 0.6) is 0 Å². The van der Waals surface area contributed by atoms with Gasteiger partial charge < -0.3 is 34.4 Å². The van der Waals surface area contributed by atoms with Crippen LogP contribution in [0.4, 0.5) is 4.79 Å². The molecule has 278 valence electrons. The summed E-state index contributed by atoms with van der Waals surface area (Å²) in [4.78, 5) is 30.6. The third-order valence-electron chi connectivity index (χ3n) is 11.2. The van der Waals surface area contributed by atoms with E-state index in [1.807, 2.05) is 57.7 Å². The quantitative estimate of drug-likeness (QED) is 0.117. The first-order valence-corrected chi connectivity index (χ1v) is 18.9. The number of carbonyl (C=O) groups is 2. The molecule has 4 aliphatic rings. The molecule has 1 amide bonds. The van der Waals surface area contributed by atoms with Crippen molar-refractivity contribution in [3.63, 3.8) is 0 Å². The first-order chi connectivity index (χ1) is 23.3. The van der Waals surface area contributed by atoms with Crippen LogP contribution < -0.4 is 0 Å². The summed E-state index contributed by atoms with van der Waals surface area (Å²) in [6.07, 6.45) is 14.7. The van der Waals surface area contributed by atoms with E-state index in [4.69, 9.17) is 14.2 Å². The Balaban J connectivity index is 1.39. The summed E-state index contributed by atoms with van der Waals surface area (Å²) >= 11 is 0. The summed E-state index contributed by atoms with van der Waals surface area (Å²) in [6, 6.07) is 0.637. The lowest BCUT2D eigenvalue weighted by molar-refractivity contribution is -0.151. The Morgan fingerprint density at radius 1 is 1.10 bits per heavy atom. The molecule has 1 aliphatic carbocycles. The zero-order valence-corrected chi connectivity index (χ0v) is 30.8. The van der Waals surface area contributed by atoms with Gasteiger partial charge in [0.25, 0.3) is 0 Å². The predicted molar refractivity (Wildman–Crippen MR) is 190 cm³/mol. The number of aliphatic hydroxyl groups excluding tert-OH is 2. The Hall–Kier alpha value is -2.24. The molecule has 0 radical (unpaired) electrons. The number of aliphatic hydroxyl groups is 3. The number of piperazine rings is 1. The van der Waals surface area contributed by atoms with Gasteiger partial charge in [-0.1, -0.05) is 71.3 Å². The van der Waals surface area contributed by atoms with Crippen molar-refractivity contribution in [2.24, 2.45) is 17.8 Å². The SMILES string of the molecule is CCC(O)C(C)C1OC1CC(C)(O)/C=C/C=C(\C)C1OC(=O)CC(O)CCC(C)C(OC(=O)N2CCN(C3CCCCC3)CC2)/C=C/C1C. The van der Waals surface area contributed by atoms with Crippen LogP contribution in [0.15, 0.2) is 36.0 Å². The van der Waals surface area contributed by atoms with Crippen molar-refractivity contribution in [1.29, 1.82) is 0 Å². The lowest BCUT2D eigenvalue weighted by Crippen LogP contribution is -2.52. The monoisotopic (exact) mass is 688 g/mol. The molecule has 10 unspecified atom stereocenters. The molecule has 10 heteroatoms. The molecule has 10 atom stereocenters. The first-order valence-electron chi connectivity index (χ1n) is 18.9. The van der Waals surface area contributed by atoms with Gasteiger partial charge >= 0.3 is 12.1 Å². The van der Waals surface area contributed by atoms with Gasteiger partial charge in [-0.05, 0) is 63.5 Å². The van der Waals surface area contributed by atoms with E-state index in [0.717, 1.165) is 18.7 Å². The molecule has 0 aromatic heterocycles. The summed E-state index contributed by atoms with van der Waals surface area (Å²) in [5, 5.41) is 31.9. The van der Waals surface area contributed by atoms with Crippen molar-refractivity contribution in [1.82, 2.24) is 9.80 Å². The highest BCUT2D eigenvalue weighted by atomic mass is 16.6. The molecule has 0 bridgehead atoms. The molecule has 3 N–H and O–H groups in total. The molecule has 0 aromatic rings. The number of amides is 1. The molecule has 2 saturated heterocycles. The molecular weight excluding hydrogens is 624 g/mol. The number of ether oxygens (including phenoxy) is 3. The highest BCUT2D eigenvalue weighted by molar-refractivity contribution is 5.70. The van der Waals surface area contributed by atoms with Crippen molar-refractivity contribution in [3.8, 4) is 0 Å². The van der Waals surface area contributed by atoms with Crippen LogP contribution >= 0.6 is 0 Å². The van der Waals surface area contributed by atoms with E-state index in [9.17, 15) is 24.9 Å². The molecular formula is C39H64N2O8. The minimum absolute atomic E-state index is 0.00792. The maximum atomic E-state index is 13.4. The number of esters is 1. The van der Waals surface area contributed by atoms with Crippen LogP contribution in [-0.2, 0) is 19.0 Å². The van der Waals surface area contributed by atoms with Crippen LogP contribution in [0, 0.1) is 17.8 Å². The largest absolute Gasteiger partial charge is 0.457 e. The van der Waals surface area contributed by atoms with Crippen LogP contribution in [0.1, 0.15) is 106 Å². The standard InChI is InChI=1S/C39H64N2O8/c1-7-32(43)29(5)37-34(47-37)25-39(6,46)19-11-12-27(3)36-28(4)16-18-33(26(2)15-17-31(42)24-35(44)49-36)48-38(45)41-22-20-40(21-23-41)30-13-9-8-10-14-30/h11-12,16,18-19,26,28-34,36-37,42-43,46H,7-10,13-15,17,20-25H2,1-6H3/b18-16+,19-11+,27-12+. The maximum Gasteiger partial charge on any atom is 0.410 e. The minimum atomic E-state index is -1.12. The van der Waals surface area contributed by atoms with Gasteiger partial charge in [0.2, 0.25) is 0 Å². The smallest absolute Gasteiger partial charge is 0.410 e. The topological polar surface area (TPSA) is 132 Å². The number of carbonyl (C=O) groups excluding carboxylic acids is 2. The van der Waals surface area contributed by atoms with Gasteiger partial charge in [-0.3, -0.25) is 9.69 Å². The van der Waals surface area contributed by atoms with E-state index >= 15 is 0 Å². The Morgan fingerprint density at radius 2 is 1.80 bits per heavy atom. The lowest BCUT2D eigenvalue weighted by atomic mass is 9.91. The highest BCUT2D eigenvalue weighted by Crippen LogP contribution is 2.37. The average Bonchev–Trinajstić information content (AvgIpc) is 3.84. The van der Waals surface area contributed by atoms with Crippen molar-refractivity contribution in [2.75, 3.05) is 26.2 Å². The number of hydrogen-bond acceptors (Lipinski definition) is 9. The maximum absolute atomic E-state index is 13.4. The second-order valence-electron chi connectivity index (χ2n) is 15.5. The summed E-state index contributed by atoms with van der Waals surface area (Å²) in [6.45, 7) is 14.6. The number of allylic oxidation sites excluding steroid dienone is 2. The van der Waals surface area contributed by atoms with Gasteiger partial charge in [-0.2, -0.15) is 0 Å². The fourth-order valence-corrected chi connectivity index (χ4v) is 7.71. The molecule has 49 heavy (non-hydrogen) atoms. The third-order valence-corrected chi connectivity index (χ3v) is 11.2. The number of cyclic esters (lactones) is 1. The number of rotatable bonds is 10. The van der Waals surface area contributed by atoms with Gasteiger partial charge in [0.05, 0.1) is 36.4 Å². The summed E-state index contributed by atoms with van der Waals surface area (Å²) in [5.41, 5.74) is -0.344. The van der Waals surface area contributed by atoms with Gasteiger partial charge in [0, 0.05) is 50.5 Å². The van der Waals surface area contributed by atoms with Crippen LogP contribution in [0.25, 0.3) is 0 Å². The predicted octanol–water partition coefficient (Wildman–Crippen LogP) is 5.54. The molecule has 3 aliphatic heterocycles. The van der Waals surface area contributed by atoms with Gasteiger partial charge in [-0.25, -0.2) is 4.79 Å². The molecule has 1 saturated carbocycles. The number of epoxide rings is 1. The summed E-state index contributed by atoms with van der Waals surface area (Å²) in [7, 11) is 0. The second-order valence-corrected chi connectivity index (χ2v) is 15.5. The zero-order valence-electron chi connectivity index (χ0n) is 30.8. The first kappa shape index (κ1) is 39.5. The van der Waals surface area contributed by atoms with Crippen molar-refractivity contribution >= 4 is 12.1 Å². The normalized spacial score (nSPS) is 34.6.